The molecule has 2 heterocycles. The number of aliphatic carboxylic acids is 1. The van der Waals surface area contributed by atoms with E-state index in [1.807, 2.05) is 0 Å². The third-order valence-corrected chi connectivity index (χ3v) is 6.98. The summed E-state index contributed by atoms with van der Waals surface area (Å²) in [6, 6.07) is 0. The molecule has 144 valence electrons. The molecule has 25 heavy (non-hydrogen) atoms. The van der Waals surface area contributed by atoms with E-state index in [1.54, 1.807) is 0 Å². The Morgan fingerprint density at radius 3 is 2.28 bits per heavy atom. The SMILES string of the molecule is O=C(NCC1CC1)[C@H]1CCS(=O)(=O)[C@@H]2CNC[C@H]12.O=C(O)C(F)(F)F. The lowest BCUT2D eigenvalue weighted by Gasteiger charge is -2.31. The fourth-order valence-corrected chi connectivity index (χ4v) is 5.23. The van der Waals surface area contributed by atoms with Crippen LogP contribution in [0.15, 0.2) is 0 Å². The van der Waals surface area contributed by atoms with Gasteiger partial charge >= 0.3 is 12.1 Å². The quantitative estimate of drug-likeness (QED) is 0.637. The number of rotatable bonds is 3. The summed E-state index contributed by atoms with van der Waals surface area (Å²) in [5, 5.41) is 12.9. The first-order chi connectivity index (χ1) is 11.5. The molecule has 0 radical (unpaired) electrons. The van der Waals surface area contributed by atoms with Gasteiger partial charge in [0.15, 0.2) is 9.84 Å². The van der Waals surface area contributed by atoms with E-state index in [4.69, 9.17) is 9.90 Å². The van der Waals surface area contributed by atoms with Crippen molar-refractivity contribution in [3.05, 3.63) is 0 Å². The molecule has 1 saturated carbocycles. The number of hydrogen-bond donors (Lipinski definition) is 3. The largest absolute Gasteiger partial charge is 0.490 e. The van der Waals surface area contributed by atoms with Gasteiger partial charge in [0.25, 0.3) is 0 Å². The van der Waals surface area contributed by atoms with E-state index < -0.39 is 22.0 Å². The molecule has 0 aromatic rings. The normalized spacial score (nSPS) is 30.6. The van der Waals surface area contributed by atoms with E-state index in [9.17, 15) is 26.4 Å². The van der Waals surface area contributed by atoms with E-state index in [0.29, 0.717) is 25.4 Å². The lowest BCUT2D eigenvalue weighted by Crippen LogP contribution is -2.47. The molecule has 2 aliphatic heterocycles. The number of carboxylic acid groups (broad SMARTS) is 1. The maximum atomic E-state index is 12.2. The standard InChI is InChI=1S/C12H20N2O3S.C2HF3O2/c15-12(14-5-8-1-2-8)9-3-4-18(16,17)11-7-13-6-10(9)11;3-2(4,5)1(6)7/h8-11,13H,1-7H2,(H,14,15);(H,6,7)/t9-,10+,11+;/m0./s1. The number of amides is 1. The molecule has 3 N–H and O–H groups in total. The third kappa shape index (κ3) is 5.30. The Balaban J connectivity index is 0.000000277. The zero-order chi connectivity index (χ0) is 18.8. The highest BCUT2D eigenvalue weighted by molar-refractivity contribution is 7.92. The maximum Gasteiger partial charge on any atom is 0.490 e. The van der Waals surface area contributed by atoms with Crippen LogP contribution in [-0.4, -0.2) is 62.2 Å². The summed E-state index contributed by atoms with van der Waals surface area (Å²) in [4.78, 5) is 21.0. The Morgan fingerprint density at radius 2 is 1.76 bits per heavy atom. The molecule has 1 amide bonds. The molecule has 2 saturated heterocycles. The zero-order valence-electron chi connectivity index (χ0n) is 13.4. The molecule has 0 aromatic carbocycles. The highest BCUT2D eigenvalue weighted by Crippen LogP contribution is 2.34. The smallest absolute Gasteiger partial charge is 0.475 e. The van der Waals surface area contributed by atoms with Crippen molar-refractivity contribution < 1.29 is 36.3 Å². The number of carbonyl (C=O) groups is 2. The molecule has 0 unspecified atom stereocenters. The van der Waals surface area contributed by atoms with Crippen LogP contribution < -0.4 is 10.6 Å². The van der Waals surface area contributed by atoms with Crippen molar-refractivity contribution in [2.75, 3.05) is 25.4 Å². The summed E-state index contributed by atoms with van der Waals surface area (Å²) in [5.41, 5.74) is 0. The van der Waals surface area contributed by atoms with Gasteiger partial charge in [-0.25, -0.2) is 13.2 Å². The molecule has 11 heteroatoms. The lowest BCUT2D eigenvalue weighted by atomic mass is 9.87. The number of halogens is 3. The van der Waals surface area contributed by atoms with Crippen LogP contribution in [0.1, 0.15) is 19.3 Å². The second kappa shape index (κ2) is 7.48. The first-order valence-electron chi connectivity index (χ1n) is 8.02. The van der Waals surface area contributed by atoms with Crippen LogP contribution in [-0.2, 0) is 19.4 Å². The van der Waals surface area contributed by atoms with Crippen molar-refractivity contribution in [1.29, 1.82) is 0 Å². The Morgan fingerprint density at radius 1 is 1.16 bits per heavy atom. The summed E-state index contributed by atoms with van der Waals surface area (Å²) in [5.74, 6) is -2.01. The summed E-state index contributed by atoms with van der Waals surface area (Å²) >= 11 is 0. The van der Waals surface area contributed by atoms with Gasteiger partial charge in [-0.15, -0.1) is 0 Å². The van der Waals surface area contributed by atoms with Gasteiger partial charge in [0.1, 0.15) is 0 Å². The van der Waals surface area contributed by atoms with E-state index in [0.717, 1.165) is 6.54 Å². The first-order valence-corrected chi connectivity index (χ1v) is 9.74. The van der Waals surface area contributed by atoms with Gasteiger partial charge in [-0.05, 0) is 25.2 Å². The predicted molar refractivity (Wildman–Crippen MR) is 81.5 cm³/mol. The Kier molecular flexibility index (Phi) is 5.97. The van der Waals surface area contributed by atoms with Crippen LogP contribution in [0.4, 0.5) is 13.2 Å². The topological polar surface area (TPSA) is 113 Å². The minimum absolute atomic E-state index is 0.0250. The second-order valence-electron chi connectivity index (χ2n) is 6.61. The van der Waals surface area contributed by atoms with Crippen LogP contribution in [0.2, 0.25) is 0 Å². The van der Waals surface area contributed by atoms with Crippen molar-refractivity contribution in [3.8, 4) is 0 Å². The zero-order valence-corrected chi connectivity index (χ0v) is 14.2. The highest BCUT2D eigenvalue weighted by Gasteiger charge is 2.47. The Hall–Kier alpha value is -1.36. The van der Waals surface area contributed by atoms with Crippen molar-refractivity contribution in [1.82, 2.24) is 10.6 Å². The molecule has 0 bridgehead atoms. The van der Waals surface area contributed by atoms with Gasteiger partial charge in [0, 0.05) is 31.5 Å². The van der Waals surface area contributed by atoms with Crippen molar-refractivity contribution in [2.24, 2.45) is 17.8 Å². The van der Waals surface area contributed by atoms with E-state index in [-0.39, 0.29) is 28.7 Å². The average Bonchev–Trinajstić information content (AvgIpc) is 3.19. The molecule has 3 fully saturated rings. The second-order valence-corrected chi connectivity index (χ2v) is 8.95. The van der Waals surface area contributed by atoms with E-state index >= 15 is 0 Å². The lowest BCUT2D eigenvalue weighted by molar-refractivity contribution is -0.192. The van der Waals surface area contributed by atoms with Gasteiger partial charge in [-0.3, -0.25) is 4.79 Å². The number of hydrogen-bond acceptors (Lipinski definition) is 5. The van der Waals surface area contributed by atoms with Crippen LogP contribution in [0.25, 0.3) is 0 Å². The molecular formula is C14H21F3N2O5S. The van der Waals surface area contributed by atoms with Gasteiger partial charge in [0.2, 0.25) is 5.91 Å². The molecule has 1 aliphatic carbocycles. The fourth-order valence-electron chi connectivity index (χ4n) is 3.15. The molecular weight excluding hydrogens is 365 g/mol. The summed E-state index contributed by atoms with van der Waals surface area (Å²) < 4.78 is 55.6. The first kappa shape index (κ1) is 20.0. The minimum atomic E-state index is -5.08. The molecule has 3 atom stereocenters. The molecule has 3 aliphatic rings. The monoisotopic (exact) mass is 386 g/mol. The van der Waals surface area contributed by atoms with Crippen LogP contribution in [0, 0.1) is 17.8 Å². The summed E-state index contributed by atoms with van der Waals surface area (Å²) in [6.45, 7) is 1.94. The minimum Gasteiger partial charge on any atom is -0.475 e. The number of nitrogens with one attached hydrogen (secondary N) is 2. The molecule has 0 aromatic heterocycles. The molecule has 0 spiro atoms. The van der Waals surface area contributed by atoms with Gasteiger partial charge in [0.05, 0.1) is 11.0 Å². The number of carboxylic acids is 1. The van der Waals surface area contributed by atoms with Crippen LogP contribution >= 0.6 is 0 Å². The number of alkyl halides is 3. The van der Waals surface area contributed by atoms with Crippen molar-refractivity contribution in [2.45, 2.75) is 30.7 Å². The molecule has 7 nitrogen and oxygen atoms in total. The van der Waals surface area contributed by atoms with Gasteiger partial charge < -0.3 is 15.7 Å². The Labute approximate surface area is 143 Å². The van der Waals surface area contributed by atoms with E-state index in [2.05, 4.69) is 10.6 Å². The third-order valence-electron chi connectivity index (χ3n) is 4.74. The van der Waals surface area contributed by atoms with Gasteiger partial charge in [-0.1, -0.05) is 0 Å². The van der Waals surface area contributed by atoms with Crippen LogP contribution in [0.3, 0.4) is 0 Å². The van der Waals surface area contributed by atoms with Crippen LogP contribution in [0.5, 0.6) is 0 Å². The number of carbonyl (C=O) groups excluding carboxylic acids is 1. The molecule has 3 rings (SSSR count). The van der Waals surface area contributed by atoms with Crippen molar-refractivity contribution >= 4 is 21.7 Å². The fraction of sp³-hybridized carbons (Fsp3) is 0.857. The average molecular weight is 386 g/mol. The maximum absolute atomic E-state index is 12.2. The van der Waals surface area contributed by atoms with E-state index in [1.165, 1.54) is 12.8 Å². The van der Waals surface area contributed by atoms with Gasteiger partial charge in [-0.2, -0.15) is 13.2 Å². The predicted octanol–water partition coefficient (Wildman–Crippen LogP) is 0.169. The number of fused-ring (bicyclic) bond motifs is 1. The van der Waals surface area contributed by atoms with Crippen molar-refractivity contribution in [3.63, 3.8) is 0 Å². The Bertz CT molecular complexity index is 618. The summed E-state index contributed by atoms with van der Waals surface area (Å²) in [7, 11) is -2.99. The summed E-state index contributed by atoms with van der Waals surface area (Å²) in [6.07, 6.45) is -2.17. The highest BCUT2D eigenvalue weighted by atomic mass is 32.2. The number of sulfone groups is 1.